The third kappa shape index (κ3) is 4.31. The molecule has 1 unspecified atom stereocenters. The van der Waals surface area contributed by atoms with Crippen LogP contribution in [0.5, 0.6) is 0 Å². The Morgan fingerprint density at radius 1 is 0.442 bits per heavy atom. The molecule has 0 aliphatic carbocycles. The summed E-state index contributed by atoms with van der Waals surface area (Å²) >= 11 is 0. The number of rotatable bonds is 4. The summed E-state index contributed by atoms with van der Waals surface area (Å²) in [5, 5.41) is 11.3. The minimum absolute atomic E-state index is 0.313. The molecule has 2 aromatic heterocycles. The van der Waals surface area contributed by atoms with Crippen molar-refractivity contribution in [2.24, 2.45) is 4.99 Å². The van der Waals surface area contributed by atoms with E-state index in [1.807, 2.05) is 0 Å². The monoisotopic (exact) mass is 664 g/mol. The average Bonchev–Trinajstić information content (AvgIpc) is 3.73. The van der Waals surface area contributed by atoms with E-state index in [0.717, 1.165) is 39.2 Å². The number of aliphatic imine (C=N–C) groups is 1. The van der Waals surface area contributed by atoms with Gasteiger partial charge in [0.2, 0.25) is 6.29 Å². The number of fused-ring (bicyclic) bond motifs is 9. The highest BCUT2D eigenvalue weighted by Crippen LogP contribution is 2.41. The molecule has 52 heavy (non-hydrogen) atoms. The van der Waals surface area contributed by atoms with Crippen molar-refractivity contribution in [1.82, 2.24) is 9.13 Å². The number of hydrogen-bond donors (Lipinski definition) is 1. The average molecular weight is 665 g/mol. The van der Waals surface area contributed by atoms with E-state index < -0.39 is 0 Å². The maximum atomic E-state index is 5.40. The largest absolute Gasteiger partial charge is 0.346 e. The molecule has 8 aromatic carbocycles. The second-order valence-electron chi connectivity index (χ2n) is 13.6. The number of nitrogens with zero attached hydrogens (tertiary/aromatic N) is 3. The van der Waals surface area contributed by atoms with Gasteiger partial charge in [-0.2, -0.15) is 0 Å². The molecule has 4 nitrogen and oxygen atoms in total. The Labute approximate surface area is 300 Å². The van der Waals surface area contributed by atoms with Gasteiger partial charge in [0.05, 0.1) is 27.8 Å². The van der Waals surface area contributed by atoms with Crippen molar-refractivity contribution in [3.63, 3.8) is 0 Å². The number of nitrogens with one attached hydrogen (secondary N) is 1. The number of anilines is 1. The zero-order chi connectivity index (χ0) is 34.2. The van der Waals surface area contributed by atoms with Gasteiger partial charge in [-0.25, -0.2) is 4.99 Å². The normalized spacial score (nSPS) is 14.2. The van der Waals surface area contributed by atoms with Crippen LogP contribution in [0, 0.1) is 0 Å². The molecule has 1 aliphatic rings. The van der Waals surface area contributed by atoms with Crippen molar-refractivity contribution in [2.75, 3.05) is 5.32 Å². The molecular weight excluding hydrogens is 633 g/mol. The summed E-state index contributed by atoms with van der Waals surface area (Å²) in [7, 11) is 0. The Kier molecular flexibility index (Phi) is 6.28. The third-order valence-corrected chi connectivity index (χ3v) is 10.7. The molecular formula is C48H32N4. The van der Waals surface area contributed by atoms with Crippen LogP contribution in [0.2, 0.25) is 0 Å². The fourth-order valence-electron chi connectivity index (χ4n) is 8.40. The van der Waals surface area contributed by atoms with Gasteiger partial charge in [0.1, 0.15) is 0 Å². The fraction of sp³-hybridized carbons (Fsp3) is 0.0208. The first-order valence-electron chi connectivity index (χ1n) is 17.8. The number of benzene rings is 8. The SMILES string of the molecule is c1ccc(C2=NC(n3c4ccccc4c4cc(-c5ccc6c(c5)c5c7ccccc7ccc5n6-c5ccccc5)ccc43)Nc3ccccc32)cc1. The van der Waals surface area contributed by atoms with Gasteiger partial charge in [-0.15, -0.1) is 0 Å². The molecule has 1 N–H and O–H groups in total. The second-order valence-corrected chi connectivity index (χ2v) is 13.6. The maximum absolute atomic E-state index is 5.40. The lowest BCUT2D eigenvalue weighted by Crippen LogP contribution is -2.24. The first-order chi connectivity index (χ1) is 25.8. The number of para-hydroxylation sites is 3. The van der Waals surface area contributed by atoms with Gasteiger partial charge >= 0.3 is 0 Å². The van der Waals surface area contributed by atoms with E-state index in [1.165, 1.54) is 54.5 Å². The van der Waals surface area contributed by atoms with E-state index in [9.17, 15) is 0 Å². The van der Waals surface area contributed by atoms with E-state index in [4.69, 9.17) is 4.99 Å². The molecule has 4 heteroatoms. The van der Waals surface area contributed by atoms with Gasteiger partial charge in [-0.1, -0.05) is 127 Å². The highest BCUT2D eigenvalue weighted by atomic mass is 15.3. The summed E-state index contributed by atoms with van der Waals surface area (Å²) in [6, 6.07) is 65.5. The summed E-state index contributed by atoms with van der Waals surface area (Å²) in [4.78, 5) is 5.40. The van der Waals surface area contributed by atoms with Crippen LogP contribution in [0.4, 0.5) is 5.69 Å². The molecule has 3 heterocycles. The molecule has 11 rings (SSSR count). The van der Waals surface area contributed by atoms with Crippen LogP contribution in [0.3, 0.4) is 0 Å². The van der Waals surface area contributed by atoms with Crippen LogP contribution < -0.4 is 5.32 Å². The molecule has 0 radical (unpaired) electrons. The van der Waals surface area contributed by atoms with E-state index in [2.05, 4.69) is 196 Å². The molecule has 10 aromatic rings. The Morgan fingerprint density at radius 2 is 1.08 bits per heavy atom. The minimum Gasteiger partial charge on any atom is -0.346 e. The summed E-state index contributed by atoms with van der Waals surface area (Å²) < 4.78 is 4.76. The van der Waals surface area contributed by atoms with Crippen LogP contribution >= 0.6 is 0 Å². The Bertz CT molecular complexity index is 3040. The van der Waals surface area contributed by atoms with Crippen LogP contribution in [-0.4, -0.2) is 14.8 Å². The fourth-order valence-corrected chi connectivity index (χ4v) is 8.40. The molecule has 0 amide bonds. The Morgan fingerprint density at radius 3 is 1.92 bits per heavy atom. The topological polar surface area (TPSA) is 34.2 Å². The quantitative estimate of drug-likeness (QED) is 0.200. The lowest BCUT2D eigenvalue weighted by Gasteiger charge is -2.28. The summed E-state index contributed by atoms with van der Waals surface area (Å²) in [5.74, 6) is 0. The standard InChI is InChI=1S/C48H32N4/c1-3-14-32(15-4-1)47-38-20-9-11-21-41(38)49-48(50-47)52-42-22-12-10-19-37(42)39-29-33(24-26-43(39)52)34-25-27-44-40(30-34)46-36-18-8-7-13-31(36)23-28-45(46)51(44)35-16-5-2-6-17-35/h1-30,48-49H. The molecule has 0 saturated carbocycles. The highest BCUT2D eigenvalue weighted by Gasteiger charge is 2.25. The smallest absolute Gasteiger partial charge is 0.201 e. The van der Waals surface area contributed by atoms with Crippen molar-refractivity contribution in [3.8, 4) is 16.8 Å². The highest BCUT2D eigenvalue weighted by molar-refractivity contribution is 6.22. The van der Waals surface area contributed by atoms with Crippen molar-refractivity contribution < 1.29 is 0 Å². The summed E-state index contributed by atoms with van der Waals surface area (Å²) in [6.45, 7) is 0. The van der Waals surface area contributed by atoms with Crippen LogP contribution in [0.15, 0.2) is 187 Å². The third-order valence-electron chi connectivity index (χ3n) is 10.7. The van der Waals surface area contributed by atoms with E-state index in [-0.39, 0.29) is 6.29 Å². The number of aromatic nitrogens is 2. The van der Waals surface area contributed by atoms with Gasteiger partial charge < -0.3 is 14.5 Å². The zero-order valence-corrected chi connectivity index (χ0v) is 28.2. The lowest BCUT2D eigenvalue weighted by atomic mass is 9.99. The molecule has 1 atom stereocenters. The van der Waals surface area contributed by atoms with Crippen LogP contribution in [-0.2, 0) is 0 Å². The molecule has 244 valence electrons. The van der Waals surface area contributed by atoms with Gasteiger partial charge in [-0.05, 0) is 76.5 Å². The van der Waals surface area contributed by atoms with E-state index in [0.29, 0.717) is 0 Å². The zero-order valence-electron chi connectivity index (χ0n) is 28.2. The lowest BCUT2D eigenvalue weighted by molar-refractivity contribution is 0.624. The number of hydrogen-bond acceptors (Lipinski definition) is 2. The van der Waals surface area contributed by atoms with E-state index in [1.54, 1.807) is 0 Å². The van der Waals surface area contributed by atoms with Crippen molar-refractivity contribution in [2.45, 2.75) is 6.29 Å². The van der Waals surface area contributed by atoms with Gasteiger partial charge in [0.15, 0.2) is 0 Å². The minimum atomic E-state index is -0.313. The maximum Gasteiger partial charge on any atom is 0.201 e. The molecule has 1 aliphatic heterocycles. The molecule has 0 fully saturated rings. The Balaban J connectivity index is 1.11. The van der Waals surface area contributed by atoms with Crippen molar-refractivity contribution in [1.29, 1.82) is 0 Å². The predicted octanol–water partition coefficient (Wildman–Crippen LogP) is 12.1. The molecule has 0 saturated heterocycles. The summed E-state index contributed by atoms with van der Waals surface area (Å²) in [6.07, 6.45) is -0.313. The first kappa shape index (κ1) is 28.9. The Hall–Kier alpha value is -6.91. The first-order valence-corrected chi connectivity index (χ1v) is 17.8. The van der Waals surface area contributed by atoms with Gasteiger partial charge in [-0.3, -0.25) is 0 Å². The van der Waals surface area contributed by atoms with Gasteiger partial charge in [0, 0.05) is 44.0 Å². The predicted molar refractivity (Wildman–Crippen MR) is 218 cm³/mol. The molecule has 0 spiro atoms. The molecule has 0 bridgehead atoms. The van der Waals surface area contributed by atoms with Crippen molar-refractivity contribution in [3.05, 3.63) is 193 Å². The van der Waals surface area contributed by atoms with Crippen LogP contribution in [0.25, 0.3) is 71.2 Å². The van der Waals surface area contributed by atoms with E-state index >= 15 is 0 Å². The van der Waals surface area contributed by atoms with Gasteiger partial charge in [0.25, 0.3) is 0 Å². The van der Waals surface area contributed by atoms with Crippen molar-refractivity contribution >= 4 is 65.8 Å². The van der Waals surface area contributed by atoms with Crippen LogP contribution in [0.1, 0.15) is 17.4 Å². The second kappa shape index (κ2) is 11.3. The summed E-state index contributed by atoms with van der Waals surface area (Å²) in [5.41, 5.74) is 12.6.